The SMILES string of the molecule is OCC[C@@H]1CN2C[C@H](O)C[C@@H]2CN1. The minimum atomic E-state index is -0.139. The Balaban J connectivity index is 1.86. The third-order valence-electron chi connectivity index (χ3n) is 3.08. The summed E-state index contributed by atoms with van der Waals surface area (Å²) in [6.07, 6.45) is 1.58. The van der Waals surface area contributed by atoms with Crippen LogP contribution >= 0.6 is 0 Å². The van der Waals surface area contributed by atoms with E-state index in [-0.39, 0.29) is 12.7 Å². The predicted molar refractivity (Wildman–Crippen MR) is 49.5 cm³/mol. The molecule has 0 radical (unpaired) electrons. The van der Waals surface area contributed by atoms with Crippen molar-refractivity contribution in [2.24, 2.45) is 0 Å². The molecule has 0 aromatic rings. The molecular weight excluding hydrogens is 168 g/mol. The summed E-state index contributed by atoms with van der Waals surface area (Å²) in [4.78, 5) is 2.33. The molecule has 0 saturated carbocycles. The average Bonchev–Trinajstić information content (AvgIpc) is 2.44. The molecule has 2 heterocycles. The number of nitrogens with one attached hydrogen (secondary N) is 1. The lowest BCUT2D eigenvalue weighted by molar-refractivity contribution is 0.141. The predicted octanol–water partition coefficient (Wildman–Crippen LogP) is -1.22. The maximum Gasteiger partial charge on any atom is 0.0682 e. The summed E-state index contributed by atoms with van der Waals surface area (Å²) in [5, 5.41) is 21.7. The highest BCUT2D eigenvalue weighted by Gasteiger charge is 2.35. The van der Waals surface area contributed by atoms with Crippen LogP contribution in [0, 0.1) is 0 Å². The third-order valence-corrected chi connectivity index (χ3v) is 3.08. The Bertz CT molecular complexity index is 177. The van der Waals surface area contributed by atoms with E-state index in [0.717, 1.165) is 32.5 Å². The zero-order valence-corrected chi connectivity index (χ0v) is 7.82. The van der Waals surface area contributed by atoms with Gasteiger partial charge < -0.3 is 15.5 Å². The molecule has 0 amide bonds. The minimum absolute atomic E-state index is 0.139. The number of aliphatic hydroxyl groups excluding tert-OH is 2. The number of aliphatic hydroxyl groups is 2. The summed E-state index contributed by atoms with van der Waals surface area (Å²) in [5.74, 6) is 0. The summed E-state index contributed by atoms with van der Waals surface area (Å²) in [6.45, 7) is 3.00. The Morgan fingerprint density at radius 3 is 3.00 bits per heavy atom. The molecular formula is C9H18N2O2. The smallest absolute Gasteiger partial charge is 0.0682 e. The van der Waals surface area contributed by atoms with Gasteiger partial charge in [-0.2, -0.15) is 0 Å². The monoisotopic (exact) mass is 186 g/mol. The second-order valence-electron chi connectivity index (χ2n) is 4.11. The van der Waals surface area contributed by atoms with Crippen molar-refractivity contribution in [3.8, 4) is 0 Å². The zero-order chi connectivity index (χ0) is 9.26. The van der Waals surface area contributed by atoms with Gasteiger partial charge in [0.1, 0.15) is 0 Å². The largest absolute Gasteiger partial charge is 0.396 e. The van der Waals surface area contributed by atoms with Crippen LogP contribution in [0.5, 0.6) is 0 Å². The van der Waals surface area contributed by atoms with Crippen molar-refractivity contribution in [3.05, 3.63) is 0 Å². The van der Waals surface area contributed by atoms with Crippen molar-refractivity contribution in [3.63, 3.8) is 0 Å². The van der Waals surface area contributed by atoms with E-state index in [2.05, 4.69) is 10.2 Å². The van der Waals surface area contributed by atoms with Crippen LogP contribution in [-0.2, 0) is 0 Å². The van der Waals surface area contributed by atoms with E-state index in [1.165, 1.54) is 0 Å². The van der Waals surface area contributed by atoms with Gasteiger partial charge in [0, 0.05) is 38.3 Å². The lowest BCUT2D eigenvalue weighted by Crippen LogP contribution is -2.54. The molecule has 3 atom stereocenters. The molecule has 2 aliphatic rings. The van der Waals surface area contributed by atoms with Crippen LogP contribution in [0.2, 0.25) is 0 Å². The molecule has 0 aromatic heterocycles. The molecule has 4 nitrogen and oxygen atoms in total. The number of hydrogen-bond acceptors (Lipinski definition) is 4. The zero-order valence-electron chi connectivity index (χ0n) is 7.82. The Morgan fingerprint density at radius 1 is 1.38 bits per heavy atom. The summed E-state index contributed by atoms with van der Waals surface area (Å²) in [7, 11) is 0. The molecule has 2 aliphatic heterocycles. The molecule has 0 aliphatic carbocycles. The molecule has 13 heavy (non-hydrogen) atoms. The number of nitrogens with zero attached hydrogens (tertiary/aromatic N) is 1. The van der Waals surface area contributed by atoms with Crippen molar-refractivity contribution in [2.75, 3.05) is 26.2 Å². The fraction of sp³-hybridized carbons (Fsp3) is 1.00. The van der Waals surface area contributed by atoms with E-state index in [4.69, 9.17) is 5.11 Å². The second-order valence-corrected chi connectivity index (χ2v) is 4.11. The van der Waals surface area contributed by atoms with Gasteiger partial charge in [0.2, 0.25) is 0 Å². The maximum atomic E-state index is 9.46. The first kappa shape index (κ1) is 9.40. The van der Waals surface area contributed by atoms with Crippen molar-refractivity contribution in [2.45, 2.75) is 31.0 Å². The lowest BCUT2D eigenvalue weighted by atomic mass is 10.1. The quantitative estimate of drug-likeness (QED) is 0.506. The highest BCUT2D eigenvalue weighted by atomic mass is 16.3. The maximum absolute atomic E-state index is 9.46. The Hall–Kier alpha value is -0.160. The first-order valence-corrected chi connectivity index (χ1v) is 5.06. The van der Waals surface area contributed by atoms with Gasteiger partial charge in [-0.3, -0.25) is 4.90 Å². The number of piperazine rings is 1. The van der Waals surface area contributed by atoms with Gasteiger partial charge in [-0.1, -0.05) is 0 Å². The highest BCUT2D eigenvalue weighted by Crippen LogP contribution is 2.20. The number of hydrogen-bond donors (Lipinski definition) is 3. The van der Waals surface area contributed by atoms with Crippen LogP contribution < -0.4 is 5.32 Å². The molecule has 0 spiro atoms. The molecule has 0 aromatic carbocycles. The summed E-state index contributed by atoms with van der Waals surface area (Å²) in [6, 6.07) is 0.927. The van der Waals surface area contributed by atoms with E-state index in [9.17, 15) is 5.11 Å². The van der Waals surface area contributed by atoms with Gasteiger partial charge >= 0.3 is 0 Å². The van der Waals surface area contributed by atoms with Crippen molar-refractivity contribution >= 4 is 0 Å². The van der Waals surface area contributed by atoms with Crippen LogP contribution in [0.3, 0.4) is 0 Å². The standard InChI is InChI=1S/C9H18N2O2/c12-2-1-7-5-11-6-9(13)3-8(11)4-10-7/h7-10,12-13H,1-6H2/t7-,8-,9-/m1/s1. The van der Waals surface area contributed by atoms with E-state index < -0.39 is 0 Å². The third kappa shape index (κ3) is 2.02. The first-order valence-electron chi connectivity index (χ1n) is 5.06. The van der Waals surface area contributed by atoms with Crippen molar-refractivity contribution in [1.82, 2.24) is 10.2 Å². The average molecular weight is 186 g/mol. The van der Waals surface area contributed by atoms with Crippen LogP contribution in [0.1, 0.15) is 12.8 Å². The summed E-state index contributed by atoms with van der Waals surface area (Å²) >= 11 is 0. The number of rotatable bonds is 2. The Kier molecular flexibility index (Phi) is 2.83. The molecule has 4 heteroatoms. The molecule has 3 N–H and O–H groups in total. The van der Waals surface area contributed by atoms with E-state index in [0.29, 0.717) is 12.1 Å². The van der Waals surface area contributed by atoms with Crippen LogP contribution in [0.4, 0.5) is 0 Å². The molecule has 2 saturated heterocycles. The lowest BCUT2D eigenvalue weighted by Gasteiger charge is -2.35. The highest BCUT2D eigenvalue weighted by molar-refractivity contribution is 4.93. The van der Waals surface area contributed by atoms with Gasteiger partial charge in [0.05, 0.1) is 6.10 Å². The first-order chi connectivity index (χ1) is 6.29. The topological polar surface area (TPSA) is 55.7 Å². The minimum Gasteiger partial charge on any atom is -0.396 e. The van der Waals surface area contributed by atoms with Gasteiger partial charge in [0.25, 0.3) is 0 Å². The Morgan fingerprint density at radius 2 is 2.23 bits per heavy atom. The molecule has 0 bridgehead atoms. The van der Waals surface area contributed by atoms with Gasteiger partial charge in [0.15, 0.2) is 0 Å². The fourth-order valence-corrected chi connectivity index (χ4v) is 2.39. The summed E-state index contributed by atoms with van der Waals surface area (Å²) < 4.78 is 0. The molecule has 2 fully saturated rings. The van der Waals surface area contributed by atoms with Crippen LogP contribution in [-0.4, -0.2) is 59.5 Å². The Labute approximate surface area is 78.5 Å². The van der Waals surface area contributed by atoms with Crippen molar-refractivity contribution in [1.29, 1.82) is 0 Å². The second kappa shape index (κ2) is 3.92. The van der Waals surface area contributed by atoms with Gasteiger partial charge in [-0.05, 0) is 12.8 Å². The summed E-state index contributed by atoms with van der Waals surface area (Å²) in [5.41, 5.74) is 0. The van der Waals surface area contributed by atoms with E-state index in [1.807, 2.05) is 0 Å². The van der Waals surface area contributed by atoms with Crippen LogP contribution in [0.25, 0.3) is 0 Å². The molecule has 0 unspecified atom stereocenters. The van der Waals surface area contributed by atoms with E-state index >= 15 is 0 Å². The van der Waals surface area contributed by atoms with Crippen molar-refractivity contribution < 1.29 is 10.2 Å². The number of fused-ring (bicyclic) bond motifs is 1. The normalized spacial score (nSPS) is 40.6. The van der Waals surface area contributed by atoms with Gasteiger partial charge in [-0.25, -0.2) is 0 Å². The van der Waals surface area contributed by atoms with Crippen LogP contribution in [0.15, 0.2) is 0 Å². The van der Waals surface area contributed by atoms with E-state index in [1.54, 1.807) is 0 Å². The van der Waals surface area contributed by atoms with Gasteiger partial charge in [-0.15, -0.1) is 0 Å². The fourth-order valence-electron chi connectivity index (χ4n) is 2.39. The molecule has 2 rings (SSSR count). The molecule has 76 valence electrons.